The number of halogens is 1. The van der Waals surface area contributed by atoms with Crippen molar-refractivity contribution in [3.05, 3.63) is 59.2 Å². The van der Waals surface area contributed by atoms with Crippen molar-refractivity contribution in [2.45, 2.75) is 108 Å². The molecule has 5 nitrogen and oxygen atoms in total. The van der Waals surface area contributed by atoms with E-state index >= 15 is 0 Å². The zero-order valence-electron chi connectivity index (χ0n) is 25.1. The molecule has 0 amide bonds. The number of aryl methyl sites for hydroxylation is 1. The van der Waals surface area contributed by atoms with E-state index < -0.39 is 0 Å². The summed E-state index contributed by atoms with van der Waals surface area (Å²) in [5.74, 6) is 4.23. The Morgan fingerprint density at radius 2 is 1.62 bits per heavy atom. The number of hydrogen-bond acceptors (Lipinski definition) is 5. The second-order valence-corrected chi connectivity index (χ2v) is 14.6. The smallest absolute Gasteiger partial charge is 0.199 e. The highest BCUT2D eigenvalue weighted by molar-refractivity contribution is 14.1. The van der Waals surface area contributed by atoms with Crippen molar-refractivity contribution in [1.82, 2.24) is 0 Å². The summed E-state index contributed by atoms with van der Waals surface area (Å²) in [6.07, 6.45) is 12.8. The van der Waals surface area contributed by atoms with Gasteiger partial charge in [-0.25, -0.2) is 0 Å². The van der Waals surface area contributed by atoms with E-state index in [4.69, 9.17) is 23.7 Å². The second-order valence-electron chi connectivity index (χ2n) is 13.5. The van der Waals surface area contributed by atoms with Gasteiger partial charge in [0, 0.05) is 17.5 Å². The molecule has 2 saturated carbocycles. The minimum absolute atomic E-state index is 0.0246. The van der Waals surface area contributed by atoms with Crippen LogP contribution in [0.5, 0.6) is 11.5 Å². The monoisotopic (exact) mass is 686 g/mol. The molecular formula is C36H47IO5. The van der Waals surface area contributed by atoms with Gasteiger partial charge >= 0.3 is 0 Å². The Labute approximate surface area is 265 Å². The molecule has 0 bridgehead atoms. The van der Waals surface area contributed by atoms with Gasteiger partial charge in [-0.2, -0.15) is 0 Å². The first-order valence-electron chi connectivity index (χ1n) is 16.6. The third-order valence-corrected chi connectivity index (χ3v) is 11.6. The third-order valence-electron chi connectivity index (χ3n) is 11.1. The van der Waals surface area contributed by atoms with E-state index in [2.05, 4.69) is 72.0 Å². The van der Waals surface area contributed by atoms with Crippen molar-refractivity contribution in [3.63, 3.8) is 0 Å². The molecule has 2 heterocycles. The van der Waals surface area contributed by atoms with E-state index in [9.17, 15) is 0 Å². The lowest BCUT2D eigenvalue weighted by atomic mass is 9.51. The fourth-order valence-electron chi connectivity index (χ4n) is 9.19. The molecule has 8 atom stereocenters. The van der Waals surface area contributed by atoms with Crippen molar-refractivity contribution in [3.8, 4) is 11.5 Å². The molecule has 42 heavy (non-hydrogen) atoms. The first-order valence-corrected chi connectivity index (χ1v) is 18.1. The van der Waals surface area contributed by atoms with Crippen LogP contribution in [0.1, 0.15) is 99.7 Å². The SMILES string of the molecule is C[C@]12C[C@H](c3ccc(OCCI)cc3)[C@@H]3c4ccc(OC5CCCCO5)cc4CC[C@H]3[C@@H]1CC[C@@H]2OC1CCCCO1. The molecule has 2 aliphatic heterocycles. The lowest BCUT2D eigenvalue weighted by Gasteiger charge is -2.54. The Hall–Kier alpha value is -1.35. The van der Waals surface area contributed by atoms with Crippen molar-refractivity contribution in [2.75, 3.05) is 24.2 Å². The van der Waals surface area contributed by atoms with Crippen LogP contribution in [0.4, 0.5) is 0 Å². The lowest BCUT2D eigenvalue weighted by molar-refractivity contribution is -0.213. The number of fused-ring (bicyclic) bond motifs is 5. The lowest BCUT2D eigenvalue weighted by Crippen LogP contribution is -2.48. The molecule has 4 fully saturated rings. The maximum absolute atomic E-state index is 6.84. The highest BCUT2D eigenvalue weighted by atomic mass is 127. The number of rotatable bonds is 8. The maximum Gasteiger partial charge on any atom is 0.199 e. The molecule has 5 aliphatic rings. The minimum Gasteiger partial charge on any atom is -0.493 e. The summed E-state index contributed by atoms with van der Waals surface area (Å²) in [7, 11) is 0. The van der Waals surface area contributed by atoms with Gasteiger partial charge in [-0.1, -0.05) is 47.7 Å². The summed E-state index contributed by atoms with van der Waals surface area (Å²) in [6, 6.07) is 16.0. The Balaban J connectivity index is 1.19. The van der Waals surface area contributed by atoms with Gasteiger partial charge < -0.3 is 23.7 Å². The van der Waals surface area contributed by atoms with Crippen molar-refractivity contribution in [2.24, 2.45) is 17.3 Å². The highest BCUT2D eigenvalue weighted by Crippen LogP contribution is 2.65. The van der Waals surface area contributed by atoms with E-state index in [0.29, 0.717) is 23.7 Å². The summed E-state index contributed by atoms with van der Waals surface area (Å²) in [5.41, 5.74) is 4.61. The molecule has 7 rings (SSSR count). The molecule has 0 radical (unpaired) electrons. The average Bonchev–Trinajstić information content (AvgIpc) is 3.36. The van der Waals surface area contributed by atoms with Gasteiger partial charge in [-0.15, -0.1) is 0 Å². The highest BCUT2D eigenvalue weighted by Gasteiger charge is 2.59. The molecule has 228 valence electrons. The molecule has 2 unspecified atom stereocenters. The van der Waals surface area contributed by atoms with E-state index in [1.807, 2.05) is 0 Å². The second kappa shape index (κ2) is 12.9. The van der Waals surface area contributed by atoms with Crippen LogP contribution in [0.3, 0.4) is 0 Å². The van der Waals surface area contributed by atoms with Gasteiger partial charge in [-0.05, 0) is 134 Å². The summed E-state index contributed by atoms with van der Waals surface area (Å²) in [6.45, 7) is 4.95. The van der Waals surface area contributed by atoms with E-state index in [0.717, 1.165) is 80.7 Å². The normalized spacial score (nSPS) is 36.0. The number of benzene rings is 2. The van der Waals surface area contributed by atoms with E-state index in [1.165, 1.54) is 36.8 Å². The Bertz CT molecular complexity index is 1190. The van der Waals surface area contributed by atoms with Crippen molar-refractivity contribution >= 4 is 22.6 Å². The van der Waals surface area contributed by atoms with Gasteiger partial charge in [0.25, 0.3) is 0 Å². The maximum atomic E-state index is 6.84. The average molecular weight is 687 g/mol. The number of hydrogen-bond donors (Lipinski definition) is 0. The fraction of sp³-hybridized carbons (Fsp3) is 0.667. The largest absolute Gasteiger partial charge is 0.493 e. The Morgan fingerprint density at radius 1 is 0.857 bits per heavy atom. The summed E-state index contributed by atoms with van der Waals surface area (Å²) in [4.78, 5) is 0. The van der Waals surface area contributed by atoms with Crippen LogP contribution >= 0.6 is 22.6 Å². The molecule has 3 aliphatic carbocycles. The summed E-state index contributed by atoms with van der Waals surface area (Å²) < 4.78 is 32.1. The molecule has 6 heteroatoms. The zero-order valence-corrected chi connectivity index (χ0v) is 27.3. The molecule has 2 aromatic rings. The van der Waals surface area contributed by atoms with Crippen LogP contribution in [0.25, 0.3) is 0 Å². The molecule has 2 aromatic carbocycles. The predicted octanol–water partition coefficient (Wildman–Crippen LogP) is 8.57. The fourth-order valence-corrected chi connectivity index (χ4v) is 9.41. The number of alkyl halides is 1. The van der Waals surface area contributed by atoms with E-state index in [1.54, 1.807) is 5.56 Å². The van der Waals surface area contributed by atoms with Crippen LogP contribution in [0, 0.1) is 17.3 Å². The molecule has 0 N–H and O–H groups in total. The third kappa shape index (κ3) is 5.87. The Kier molecular flexibility index (Phi) is 9.05. The van der Waals surface area contributed by atoms with Gasteiger partial charge in [-0.3, -0.25) is 0 Å². The predicted molar refractivity (Wildman–Crippen MR) is 173 cm³/mol. The standard InChI is InChI=1S/C36H47IO5/c1-36-23-30(24-8-11-26(12-9-24)38-21-18-37)35-28-15-13-27(41-33-6-2-4-19-39-33)22-25(28)10-14-29(35)31(36)16-17-32(36)42-34-7-3-5-20-40-34/h8-9,11-13,15,22,29-35H,2-7,10,14,16-21,23H2,1H3/t29-,30+,31-,32-,33?,34?,35+,36-/m0/s1. The van der Waals surface area contributed by atoms with E-state index in [-0.39, 0.29) is 24.1 Å². The summed E-state index contributed by atoms with van der Waals surface area (Å²) in [5, 5.41) is 0. The van der Waals surface area contributed by atoms with Gasteiger partial charge in [0.2, 0.25) is 0 Å². The van der Waals surface area contributed by atoms with Crippen LogP contribution in [0.15, 0.2) is 42.5 Å². The van der Waals surface area contributed by atoms with Crippen LogP contribution < -0.4 is 9.47 Å². The molecular weight excluding hydrogens is 639 g/mol. The molecule has 2 saturated heterocycles. The van der Waals surface area contributed by atoms with Gasteiger partial charge in [0.1, 0.15) is 11.5 Å². The topological polar surface area (TPSA) is 46.2 Å². The van der Waals surface area contributed by atoms with Crippen LogP contribution in [-0.2, 0) is 20.6 Å². The number of ether oxygens (including phenoxy) is 5. The van der Waals surface area contributed by atoms with Crippen LogP contribution in [0.2, 0.25) is 0 Å². The zero-order chi connectivity index (χ0) is 28.5. The van der Waals surface area contributed by atoms with Gasteiger partial charge in [0.05, 0.1) is 19.3 Å². The first-order chi connectivity index (χ1) is 20.6. The molecule has 0 spiro atoms. The van der Waals surface area contributed by atoms with Crippen molar-refractivity contribution in [1.29, 1.82) is 0 Å². The molecule has 0 aromatic heterocycles. The Morgan fingerprint density at radius 3 is 2.36 bits per heavy atom. The van der Waals surface area contributed by atoms with Crippen molar-refractivity contribution < 1.29 is 23.7 Å². The summed E-state index contributed by atoms with van der Waals surface area (Å²) >= 11 is 2.37. The first kappa shape index (κ1) is 29.4. The van der Waals surface area contributed by atoms with Gasteiger partial charge in [0.15, 0.2) is 12.6 Å². The quantitative estimate of drug-likeness (QED) is 0.206. The minimum atomic E-state index is -0.104. The van der Waals surface area contributed by atoms with Crippen LogP contribution in [-0.4, -0.2) is 42.9 Å².